The third-order valence-corrected chi connectivity index (χ3v) is 4.24. The lowest BCUT2D eigenvalue weighted by atomic mass is 10.1. The van der Waals surface area contributed by atoms with Gasteiger partial charge in [0, 0.05) is 25.9 Å². The summed E-state index contributed by atoms with van der Waals surface area (Å²) in [5, 5.41) is 4.06. The largest absolute Gasteiger partial charge is 0.467 e. The third-order valence-electron chi connectivity index (χ3n) is 3.90. The van der Waals surface area contributed by atoms with E-state index >= 15 is 0 Å². The Bertz CT molecular complexity index is 635. The summed E-state index contributed by atoms with van der Waals surface area (Å²) in [4.78, 5) is 2.14. The van der Waals surface area contributed by atoms with Crippen LogP contribution in [0.1, 0.15) is 36.3 Å². The van der Waals surface area contributed by atoms with E-state index in [2.05, 4.69) is 49.2 Å². The molecule has 24 heavy (non-hydrogen) atoms. The zero-order valence-corrected chi connectivity index (χ0v) is 15.7. The molecule has 0 aliphatic rings. The minimum Gasteiger partial charge on any atom is -0.467 e. The van der Waals surface area contributed by atoms with E-state index in [1.807, 2.05) is 12.1 Å². The SMILES string of the molecule is COCCCN(C(=S)Nc1cc(C)cc(C)c1)[C@H](C)c1ccco1. The second kappa shape index (κ2) is 8.85. The van der Waals surface area contributed by atoms with Gasteiger partial charge in [-0.15, -0.1) is 0 Å². The lowest BCUT2D eigenvalue weighted by Crippen LogP contribution is -2.37. The van der Waals surface area contributed by atoms with Gasteiger partial charge in [0.25, 0.3) is 0 Å². The maximum Gasteiger partial charge on any atom is 0.174 e. The Balaban J connectivity index is 2.13. The van der Waals surface area contributed by atoms with E-state index in [1.54, 1.807) is 13.4 Å². The van der Waals surface area contributed by atoms with Crippen molar-refractivity contribution in [1.82, 2.24) is 4.90 Å². The quantitative estimate of drug-likeness (QED) is 0.581. The number of hydrogen-bond donors (Lipinski definition) is 1. The molecule has 0 spiro atoms. The minimum absolute atomic E-state index is 0.0581. The molecule has 5 heteroatoms. The van der Waals surface area contributed by atoms with E-state index in [-0.39, 0.29) is 6.04 Å². The highest BCUT2D eigenvalue weighted by Crippen LogP contribution is 2.23. The monoisotopic (exact) mass is 346 g/mol. The fourth-order valence-corrected chi connectivity index (χ4v) is 3.14. The van der Waals surface area contributed by atoms with Crippen molar-refractivity contribution in [3.8, 4) is 0 Å². The van der Waals surface area contributed by atoms with Crippen LogP contribution >= 0.6 is 12.2 Å². The molecule has 0 bridgehead atoms. The molecule has 130 valence electrons. The van der Waals surface area contributed by atoms with Crippen molar-refractivity contribution in [1.29, 1.82) is 0 Å². The summed E-state index contributed by atoms with van der Waals surface area (Å²) >= 11 is 5.68. The Morgan fingerprint density at radius 2 is 2.00 bits per heavy atom. The Hall–Kier alpha value is -1.85. The van der Waals surface area contributed by atoms with Gasteiger partial charge in [0.2, 0.25) is 0 Å². The first-order valence-electron chi connectivity index (χ1n) is 8.19. The molecule has 0 unspecified atom stereocenters. The Morgan fingerprint density at radius 1 is 1.29 bits per heavy atom. The van der Waals surface area contributed by atoms with Crippen molar-refractivity contribution >= 4 is 23.0 Å². The van der Waals surface area contributed by atoms with Crippen LogP contribution in [0.15, 0.2) is 41.0 Å². The van der Waals surface area contributed by atoms with Crippen LogP contribution < -0.4 is 5.32 Å². The van der Waals surface area contributed by atoms with Gasteiger partial charge < -0.3 is 19.4 Å². The van der Waals surface area contributed by atoms with Crippen molar-refractivity contribution in [2.24, 2.45) is 0 Å². The van der Waals surface area contributed by atoms with Crippen LogP contribution in [0.4, 0.5) is 5.69 Å². The van der Waals surface area contributed by atoms with Crippen LogP contribution in [-0.4, -0.2) is 30.3 Å². The molecule has 0 saturated heterocycles. The summed E-state index contributed by atoms with van der Waals surface area (Å²) < 4.78 is 10.7. The van der Waals surface area contributed by atoms with Crippen LogP contribution in [0.3, 0.4) is 0 Å². The first kappa shape index (κ1) is 18.5. The van der Waals surface area contributed by atoms with E-state index in [9.17, 15) is 0 Å². The Morgan fingerprint density at radius 3 is 2.58 bits per heavy atom. The fourth-order valence-electron chi connectivity index (χ4n) is 2.78. The highest BCUT2D eigenvalue weighted by atomic mass is 32.1. The van der Waals surface area contributed by atoms with Crippen molar-refractivity contribution in [2.75, 3.05) is 25.6 Å². The lowest BCUT2D eigenvalue weighted by molar-refractivity contribution is 0.178. The number of methoxy groups -OCH3 is 1. The zero-order chi connectivity index (χ0) is 17.5. The number of thiocarbonyl (C=S) groups is 1. The van der Waals surface area contributed by atoms with Crippen molar-refractivity contribution < 1.29 is 9.15 Å². The molecule has 0 aliphatic heterocycles. The van der Waals surface area contributed by atoms with Crippen molar-refractivity contribution in [3.05, 3.63) is 53.5 Å². The summed E-state index contributed by atoms with van der Waals surface area (Å²) in [6.45, 7) is 7.77. The first-order chi connectivity index (χ1) is 11.5. The fraction of sp³-hybridized carbons (Fsp3) is 0.421. The van der Waals surface area contributed by atoms with E-state index < -0.39 is 0 Å². The van der Waals surface area contributed by atoms with Crippen LogP contribution in [0, 0.1) is 13.8 Å². The van der Waals surface area contributed by atoms with Gasteiger partial charge in [-0.25, -0.2) is 0 Å². The molecule has 2 rings (SSSR count). The van der Waals surface area contributed by atoms with Crippen molar-refractivity contribution in [3.63, 3.8) is 0 Å². The molecule has 1 aromatic heterocycles. The third kappa shape index (κ3) is 5.08. The molecule has 4 nitrogen and oxygen atoms in total. The molecule has 0 saturated carbocycles. The summed E-state index contributed by atoms with van der Waals surface area (Å²) in [6, 6.07) is 10.3. The topological polar surface area (TPSA) is 37.6 Å². The number of nitrogens with one attached hydrogen (secondary N) is 1. The summed E-state index contributed by atoms with van der Waals surface area (Å²) in [7, 11) is 1.71. The molecule has 0 radical (unpaired) electrons. The van der Waals surface area contributed by atoms with E-state index in [1.165, 1.54) is 11.1 Å². The number of furan rings is 1. The standard InChI is InChI=1S/C19H26N2O2S/c1-14-11-15(2)13-17(12-14)20-19(24)21(8-6-9-22-4)16(3)18-7-5-10-23-18/h5,7,10-13,16H,6,8-9H2,1-4H3,(H,20,24)/t16-/m1/s1. The Labute approximate surface area is 149 Å². The molecule has 1 heterocycles. The molecule has 0 fully saturated rings. The smallest absolute Gasteiger partial charge is 0.174 e. The highest BCUT2D eigenvalue weighted by molar-refractivity contribution is 7.80. The summed E-state index contributed by atoms with van der Waals surface area (Å²) in [5.41, 5.74) is 3.44. The predicted molar refractivity (Wildman–Crippen MR) is 102 cm³/mol. The maximum absolute atomic E-state index is 5.68. The minimum atomic E-state index is 0.0581. The number of anilines is 1. The van der Waals surface area contributed by atoms with E-state index in [0.29, 0.717) is 11.7 Å². The van der Waals surface area contributed by atoms with Crippen LogP contribution in [0.5, 0.6) is 0 Å². The van der Waals surface area contributed by atoms with Gasteiger partial charge in [0.05, 0.1) is 12.3 Å². The number of hydrogen-bond acceptors (Lipinski definition) is 3. The van der Waals surface area contributed by atoms with Gasteiger partial charge in [-0.05, 0) is 74.8 Å². The number of benzene rings is 1. The number of ether oxygens (including phenoxy) is 1. The normalized spacial score (nSPS) is 12.0. The first-order valence-corrected chi connectivity index (χ1v) is 8.60. The van der Waals surface area contributed by atoms with Gasteiger partial charge in [-0.1, -0.05) is 6.07 Å². The van der Waals surface area contributed by atoms with Gasteiger partial charge in [0.1, 0.15) is 5.76 Å². The maximum atomic E-state index is 5.68. The molecular formula is C19H26N2O2S. The molecule has 2 aromatic rings. The van der Waals surface area contributed by atoms with Crippen LogP contribution in [0.25, 0.3) is 0 Å². The number of aryl methyl sites for hydroxylation is 2. The number of rotatable bonds is 7. The van der Waals surface area contributed by atoms with Gasteiger partial charge >= 0.3 is 0 Å². The van der Waals surface area contributed by atoms with Gasteiger partial charge in [0.15, 0.2) is 5.11 Å². The van der Waals surface area contributed by atoms with Gasteiger partial charge in [-0.2, -0.15) is 0 Å². The van der Waals surface area contributed by atoms with Crippen LogP contribution in [-0.2, 0) is 4.74 Å². The highest BCUT2D eigenvalue weighted by Gasteiger charge is 2.20. The molecule has 0 amide bonds. The van der Waals surface area contributed by atoms with Crippen molar-refractivity contribution in [2.45, 2.75) is 33.2 Å². The van der Waals surface area contributed by atoms with E-state index in [0.717, 1.165) is 24.4 Å². The molecule has 1 atom stereocenters. The van der Waals surface area contributed by atoms with Crippen LogP contribution in [0.2, 0.25) is 0 Å². The predicted octanol–water partition coefficient (Wildman–Crippen LogP) is 4.69. The summed E-state index contributed by atoms with van der Waals surface area (Å²) in [6.07, 6.45) is 2.59. The molecule has 0 aliphatic carbocycles. The van der Waals surface area contributed by atoms with Gasteiger partial charge in [-0.3, -0.25) is 0 Å². The second-order valence-corrected chi connectivity index (χ2v) is 6.42. The zero-order valence-electron chi connectivity index (χ0n) is 14.8. The second-order valence-electron chi connectivity index (χ2n) is 6.04. The number of nitrogens with zero attached hydrogens (tertiary/aromatic N) is 1. The average Bonchev–Trinajstić information content (AvgIpc) is 3.04. The summed E-state index contributed by atoms with van der Waals surface area (Å²) in [5.74, 6) is 0.900. The average molecular weight is 346 g/mol. The van der Waals surface area contributed by atoms with E-state index in [4.69, 9.17) is 21.4 Å². The lowest BCUT2D eigenvalue weighted by Gasteiger charge is -2.31. The molecular weight excluding hydrogens is 320 g/mol. The molecule has 1 aromatic carbocycles. The Kier molecular flexibility index (Phi) is 6.82. The molecule has 1 N–H and O–H groups in total.